The Morgan fingerprint density at radius 1 is 0.950 bits per heavy atom. The molecule has 0 atom stereocenters. The molecule has 0 aliphatic carbocycles. The van der Waals surface area contributed by atoms with Crippen molar-refractivity contribution in [3.63, 3.8) is 0 Å². The summed E-state index contributed by atoms with van der Waals surface area (Å²) in [5.74, 6) is -1.04. The molecule has 10 nitrogen and oxygen atoms in total. The van der Waals surface area contributed by atoms with Gasteiger partial charge in [-0.1, -0.05) is 18.2 Å². The van der Waals surface area contributed by atoms with Gasteiger partial charge in [0.15, 0.2) is 0 Å². The van der Waals surface area contributed by atoms with E-state index in [-0.39, 0.29) is 11.8 Å². The van der Waals surface area contributed by atoms with Crippen molar-refractivity contribution in [2.24, 2.45) is 5.73 Å². The van der Waals surface area contributed by atoms with Gasteiger partial charge in [0.25, 0.3) is 5.91 Å². The molecule has 0 fully saturated rings. The van der Waals surface area contributed by atoms with E-state index in [0.29, 0.717) is 39.5 Å². The molecule has 0 unspecified atom stereocenters. The van der Waals surface area contributed by atoms with Crippen LogP contribution in [0.1, 0.15) is 35.3 Å². The Bertz CT molecular complexity index is 1690. The van der Waals surface area contributed by atoms with Gasteiger partial charge in [0, 0.05) is 34.8 Å². The minimum atomic E-state index is -1.01. The Kier molecular flexibility index (Phi) is 6.78. The highest BCUT2D eigenvalue weighted by atomic mass is 16.5. The molecular formula is C30H28N6O4. The molecule has 2 heterocycles. The van der Waals surface area contributed by atoms with E-state index >= 15 is 0 Å². The number of methoxy groups -OCH3 is 1. The van der Waals surface area contributed by atoms with Gasteiger partial charge in [0.2, 0.25) is 5.91 Å². The Hall–Kier alpha value is -5.09. The second-order valence-electron chi connectivity index (χ2n) is 10.0. The third kappa shape index (κ3) is 4.99. The van der Waals surface area contributed by atoms with E-state index in [1.807, 2.05) is 30.3 Å². The fraction of sp³-hybridized carbons (Fsp3) is 0.167. The molecule has 10 heteroatoms. The van der Waals surface area contributed by atoms with E-state index in [9.17, 15) is 14.4 Å². The predicted octanol–water partition coefficient (Wildman–Crippen LogP) is 4.05. The number of fused-ring (bicyclic) bond motifs is 2. The molecule has 202 valence electrons. The number of benzene rings is 3. The highest BCUT2D eigenvalue weighted by Gasteiger charge is 2.30. The zero-order valence-electron chi connectivity index (χ0n) is 22.5. The maximum atomic E-state index is 13.4. The molecule has 1 aliphatic rings. The van der Waals surface area contributed by atoms with Crippen molar-refractivity contribution >= 4 is 56.9 Å². The van der Waals surface area contributed by atoms with E-state index in [0.717, 1.165) is 16.3 Å². The third-order valence-electron chi connectivity index (χ3n) is 6.65. The van der Waals surface area contributed by atoms with Crippen LogP contribution in [0.5, 0.6) is 0 Å². The fourth-order valence-corrected chi connectivity index (χ4v) is 4.56. The van der Waals surface area contributed by atoms with Crippen LogP contribution >= 0.6 is 0 Å². The van der Waals surface area contributed by atoms with Gasteiger partial charge >= 0.3 is 5.97 Å². The van der Waals surface area contributed by atoms with Gasteiger partial charge in [-0.15, -0.1) is 0 Å². The second kappa shape index (κ2) is 10.2. The Balaban J connectivity index is 1.60. The minimum Gasteiger partial charge on any atom is -0.465 e. The third-order valence-corrected chi connectivity index (χ3v) is 6.65. The monoisotopic (exact) mass is 536 g/mol. The van der Waals surface area contributed by atoms with Crippen LogP contribution in [0, 0.1) is 0 Å². The average molecular weight is 537 g/mol. The first kappa shape index (κ1) is 26.5. The van der Waals surface area contributed by atoms with Crippen LogP contribution in [0.2, 0.25) is 0 Å². The fourth-order valence-electron chi connectivity index (χ4n) is 4.56. The molecule has 0 spiro atoms. The van der Waals surface area contributed by atoms with Crippen LogP contribution in [0.25, 0.3) is 22.0 Å². The lowest BCUT2D eigenvalue weighted by molar-refractivity contribution is -0.122. The van der Waals surface area contributed by atoms with E-state index in [1.54, 1.807) is 63.6 Å². The summed E-state index contributed by atoms with van der Waals surface area (Å²) >= 11 is 0. The number of carbonyl (C=O) groups excluding carboxylic acids is 3. The highest BCUT2D eigenvalue weighted by Crippen LogP contribution is 2.39. The Morgan fingerprint density at radius 3 is 2.30 bits per heavy atom. The van der Waals surface area contributed by atoms with E-state index in [1.165, 1.54) is 12.0 Å². The number of amides is 2. The van der Waals surface area contributed by atoms with Crippen LogP contribution in [0.15, 0.2) is 73.1 Å². The van der Waals surface area contributed by atoms with Crippen molar-refractivity contribution in [2.75, 3.05) is 29.7 Å². The number of hydrogen-bond donors (Lipinski definition) is 3. The second-order valence-corrected chi connectivity index (χ2v) is 10.0. The number of esters is 1. The Labute approximate surface area is 230 Å². The number of nitrogens with one attached hydrogen (secondary N) is 2. The minimum absolute atomic E-state index is 0.221. The molecule has 0 saturated heterocycles. The SMILES string of the molecule is COC(=O)c1ccc2c(c1)NC(=O)/C2=C(\Nc1ccc(N(C)C(=O)C(C)(C)N)cc1)c1ccc2cnncc2c1. The van der Waals surface area contributed by atoms with Crippen molar-refractivity contribution in [3.05, 3.63) is 89.7 Å². The molecule has 4 N–H and O–H groups in total. The summed E-state index contributed by atoms with van der Waals surface area (Å²) < 4.78 is 4.83. The number of likely N-dealkylation sites (N-methyl/N-ethyl adjacent to an activating group) is 1. The van der Waals surface area contributed by atoms with Crippen LogP contribution in [0.4, 0.5) is 17.1 Å². The maximum Gasteiger partial charge on any atom is 0.337 e. The number of carbonyl (C=O) groups is 3. The lowest BCUT2D eigenvalue weighted by Gasteiger charge is -2.26. The van der Waals surface area contributed by atoms with E-state index < -0.39 is 11.5 Å². The van der Waals surface area contributed by atoms with Crippen molar-refractivity contribution < 1.29 is 19.1 Å². The van der Waals surface area contributed by atoms with Crippen LogP contribution in [-0.4, -0.2) is 47.7 Å². The first-order chi connectivity index (χ1) is 19.1. The summed E-state index contributed by atoms with van der Waals surface area (Å²) in [5.41, 5.74) is 9.54. The number of nitrogens with two attached hydrogens (primary N) is 1. The van der Waals surface area contributed by atoms with Crippen molar-refractivity contribution in [2.45, 2.75) is 19.4 Å². The lowest BCUT2D eigenvalue weighted by atomic mass is 9.98. The largest absolute Gasteiger partial charge is 0.465 e. The number of aromatic nitrogens is 2. The molecule has 5 rings (SSSR count). The van der Waals surface area contributed by atoms with Gasteiger partial charge in [-0.3, -0.25) is 9.59 Å². The van der Waals surface area contributed by atoms with Crippen molar-refractivity contribution in [3.8, 4) is 0 Å². The quantitative estimate of drug-likeness (QED) is 0.248. The van der Waals surface area contributed by atoms with Crippen LogP contribution in [-0.2, 0) is 14.3 Å². The zero-order chi connectivity index (χ0) is 28.6. The molecule has 1 aromatic heterocycles. The molecule has 0 saturated carbocycles. The van der Waals surface area contributed by atoms with Gasteiger partial charge in [0.1, 0.15) is 0 Å². The molecule has 3 aromatic carbocycles. The molecule has 0 bridgehead atoms. The van der Waals surface area contributed by atoms with Gasteiger partial charge < -0.3 is 26.0 Å². The summed E-state index contributed by atoms with van der Waals surface area (Å²) in [6, 6.07) is 17.9. The Morgan fingerprint density at radius 2 is 1.62 bits per heavy atom. The average Bonchev–Trinajstić information content (AvgIpc) is 3.28. The molecule has 1 aliphatic heterocycles. The topological polar surface area (TPSA) is 140 Å². The maximum absolute atomic E-state index is 13.4. The summed E-state index contributed by atoms with van der Waals surface area (Å²) in [7, 11) is 2.98. The van der Waals surface area contributed by atoms with Crippen molar-refractivity contribution in [1.29, 1.82) is 0 Å². The summed E-state index contributed by atoms with van der Waals surface area (Å²) in [5, 5.41) is 16.0. The van der Waals surface area contributed by atoms with E-state index in [4.69, 9.17) is 10.5 Å². The van der Waals surface area contributed by atoms with Gasteiger partial charge in [-0.25, -0.2) is 4.79 Å². The van der Waals surface area contributed by atoms with Crippen LogP contribution in [0.3, 0.4) is 0 Å². The summed E-state index contributed by atoms with van der Waals surface area (Å²) in [6.45, 7) is 3.32. The molecule has 2 amide bonds. The van der Waals surface area contributed by atoms with Gasteiger partial charge in [-0.2, -0.15) is 10.2 Å². The smallest absolute Gasteiger partial charge is 0.337 e. The molecule has 40 heavy (non-hydrogen) atoms. The normalized spacial score (nSPS) is 13.9. The number of ether oxygens (including phenoxy) is 1. The highest BCUT2D eigenvalue weighted by molar-refractivity contribution is 6.37. The molecule has 4 aromatic rings. The summed E-state index contributed by atoms with van der Waals surface area (Å²) in [6.07, 6.45) is 3.33. The molecular weight excluding hydrogens is 508 g/mol. The summed E-state index contributed by atoms with van der Waals surface area (Å²) in [4.78, 5) is 39.6. The molecule has 0 radical (unpaired) electrons. The zero-order valence-corrected chi connectivity index (χ0v) is 22.5. The number of hydrogen-bond acceptors (Lipinski definition) is 8. The first-order valence-electron chi connectivity index (χ1n) is 12.5. The number of anilines is 3. The first-order valence-corrected chi connectivity index (χ1v) is 12.5. The van der Waals surface area contributed by atoms with Crippen molar-refractivity contribution in [1.82, 2.24) is 10.2 Å². The lowest BCUT2D eigenvalue weighted by Crippen LogP contribution is -2.49. The van der Waals surface area contributed by atoms with Crippen LogP contribution < -0.4 is 21.3 Å². The standard InChI is InChI=1S/C30H28N6O4/c1-30(2,31)29(39)36(3)22-10-8-21(9-11-22)34-26(17-5-6-19-15-32-33-16-20(19)13-17)25-23-12-7-18(28(38)40-4)14-24(23)35-27(25)37/h5-16,34H,31H2,1-4H3,(H,35,37)/b26-25-. The number of rotatable bonds is 6. The van der Waals surface area contributed by atoms with E-state index in [2.05, 4.69) is 20.8 Å². The number of nitrogens with zero attached hydrogens (tertiary/aromatic N) is 3. The predicted molar refractivity (Wildman–Crippen MR) is 155 cm³/mol. The van der Waals surface area contributed by atoms with Gasteiger partial charge in [-0.05, 0) is 61.9 Å². The van der Waals surface area contributed by atoms with Gasteiger partial charge in [0.05, 0.1) is 47.6 Å².